The number of aliphatic hydroxyl groups excluding tert-OH is 1. The second-order valence-corrected chi connectivity index (χ2v) is 4.34. The lowest BCUT2D eigenvalue weighted by atomic mass is 10.1. The van der Waals surface area contributed by atoms with E-state index in [4.69, 9.17) is 10.4 Å². The molecule has 2 rings (SSSR count). The van der Waals surface area contributed by atoms with Crippen LogP contribution >= 0.6 is 0 Å². The number of halogens is 1. The monoisotopic (exact) mass is 234 g/mol. The van der Waals surface area contributed by atoms with Crippen LogP contribution in [0.15, 0.2) is 18.2 Å². The topological polar surface area (TPSA) is 47.3 Å². The van der Waals surface area contributed by atoms with E-state index in [1.807, 2.05) is 0 Å². The van der Waals surface area contributed by atoms with Gasteiger partial charge in [-0.15, -0.1) is 0 Å². The second kappa shape index (κ2) is 5.26. The van der Waals surface area contributed by atoms with Crippen molar-refractivity contribution >= 4 is 0 Å². The molecule has 0 saturated heterocycles. The molecule has 0 heterocycles. The molecule has 1 aliphatic rings. The van der Waals surface area contributed by atoms with E-state index < -0.39 is 0 Å². The van der Waals surface area contributed by atoms with Crippen molar-refractivity contribution in [3.05, 3.63) is 35.1 Å². The summed E-state index contributed by atoms with van der Waals surface area (Å²) in [5.74, 6) is -0.321. The lowest BCUT2D eigenvalue weighted by Crippen LogP contribution is -2.29. The van der Waals surface area contributed by atoms with Gasteiger partial charge in [0.2, 0.25) is 0 Å². The molecular formula is C13H15FN2O. The molecule has 90 valence electrons. The van der Waals surface area contributed by atoms with Gasteiger partial charge in [-0.3, -0.25) is 4.90 Å². The van der Waals surface area contributed by atoms with E-state index in [0.717, 1.165) is 12.8 Å². The van der Waals surface area contributed by atoms with Crippen LogP contribution in [-0.2, 0) is 6.54 Å². The third-order valence-electron chi connectivity index (χ3n) is 3.01. The normalized spacial score (nSPS) is 14.9. The van der Waals surface area contributed by atoms with E-state index in [1.165, 1.54) is 18.2 Å². The van der Waals surface area contributed by atoms with Gasteiger partial charge in [-0.1, -0.05) is 0 Å². The van der Waals surface area contributed by atoms with Crippen LogP contribution in [0.2, 0.25) is 0 Å². The van der Waals surface area contributed by atoms with Gasteiger partial charge in [0.15, 0.2) is 0 Å². The Hall–Kier alpha value is -1.44. The SMILES string of the molecule is N#Cc1ccc(F)cc1CN(CCO)C1CC1. The van der Waals surface area contributed by atoms with E-state index in [9.17, 15) is 4.39 Å². The summed E-state index contributed by atoms with van der Waals surface area (Å²) in [5.41, 5.74) is 1.21. The first kappa shape index (κ1) is 12.0. The molecule has 0 amide bonds. The summed E-state index contributed by atoms with van der Waals surface area (Å²) in [7, 11) is 0. The number of aliphatic hydroxyl groups is 1. The van der Waals surface area contributed by atoms with Crippen molar-refractivity contribution in [3.63, 3.8) is 0 Å². The van der Waals surface area contributed by atoms with Crippen molar-refractivity contribution < 1.29 is 9.50 Å². The summed E-state index contributed by atoms with van der Waals surface area (Å²) >= 11 is 0. The maximum absolute atomic E-state index is 13.2. The fourth-order valence-electron chi connectivity index (χ4n) is 1.98. The van der Waals surface area contributed by atoms with Crippen LogP contribution in [0.3, 0.4) is 0 Å². The minimum Gasteiger partial charge on any atom is -0.395 e. The lowest BCUT2D eigenvalue weighted by Gasteiger charge is -2.21. The zero-order chi connectivity index (χ0) is 12.3. The van der Waals surface area contributed by atoms with E-state index in [-0.39, 0.29) is 12.4 Å². The van der Waals surface area contributed by atoms with Gasteiger partial charge in [-0.2, -0.15) is 5.26 Å². The van der Waals surface area contributed by atoms with Crippen molar-refractivity contribution in [2.45, 2.75) is 25.4 Å². The number of hydrogen-bond acceptors (Lipinski definition) is 3. The molecule has 0 radical (unpaired) electrons. The highest BCUT2D eigenvalue weighted by Gasteiger charge is 2.28. The molecule has 0 unspecified atom stereocenters. The molecule has 0 bridgehead atoms. The molecule has 0 aromatic heterocycles. The third-order valence-corrected chi connectivity index (χ3v) is 3.01. The Balaban J connectivity index is 2.15. The smallest absolute Gasteiger partial charge is 0.123 e. The zero-order valence-corrected chi connectivity index (χ0v) is 9.56. The summed E-state index contributed by atoms with van der Waals surface area (Å²) in [6, 6.07) is 6.77. The zero-order valence-electron chi connectivity index (χ0n) is 9.56. The molecule has 0 atom stereocenters. The summed E-state index contributed by atoms with van der Waals surface area (Å²) < 4.78 is 13.2. The fraction of sp³-hybridized carbons (Fsp3) is 0.462. The predicted molar refractivity (Wildman–Crippen MR) is 61.6 cm³/mol. The van der Waals surface area contributed by atoms with Gasteiger partial charge in [0.25, 0.3) is 0 Å². The standard InChI is InChI=1S/C13H15FN2O/c14-12-2-1-10(8-15)11(7-12)9-16(5-6-17)13-3-4-13/h1-2,7,13,17H,3-6,9H2. The first-order valence-electron chi connectivity index (χ1n) is 5.78. The van der Waals surface area contributed by atoms with Crippen molar-refractivity contribution in [1.82, 2.24) is 4.90 Å². The van der Waals surface area contributed by atoms with Gasteiger partial charge < -0.3 is 5.11 Å². The summed E-state index contributed by atoms with van der Waals surface area (Å²) in [6.45, 7) is 1.20. The molecule has 17 heavy (non-hydrogen) atoms. The highest BCUT2D eigenvalue weighted by molar-refractivity contribution is 5.37. The number of nitrogens with zero attached hydrogens (tertiary/aromatic N) is 2. The highest BCUT2D eigenvalue weighted by atomic mass is 19.1. The van der Waals surface area contributed by atoms with E-state index >= 15 is 0 Å². The third kappa shape index (κ3) is 3.02. The lowest BCUT2D eigenvalue weighted by molar-refractivity contribution is 0.183. The molecule has 0 spiro atoms. The van der Waals surface area contributed by atoms with E-state index in [0.29, 0.717) is 30.3 Å². The summed E-state index contributed by atoms with van der Waals surface area (Å²) in [4.78, 5) is 2.11. The van der Waals surface area contributed by atoms with Gasteiger partial charge >= 0.3 is 0 Å². The Morgan fingerprint density at radius 1 is 1.47 bits per heavy atom. The molecule has 1 aromatic carbocycles. The first-order valence-corrected chi connectivity index (χ1v) is 5.78. The molecule has 4 heteroatoms. The predicted octanol–water partition coefficient (Wildman–Crippen LogP) is 1.65. The van der Waals surface area contributed by atoms with Crippen LogP contribution in [0, 0.1) is 17.1 Å². The van der Waals surface area contributed by atoms with Gasteiger partial charge in [-0.05, 0) is 36.6 Å². The minimum atomic E-state index is -0.321. The van der Waals surface area contributed by atoms with Crippen molar-refractivity contribution in [2.75, 3.05) is 13.2 Å². The van der Waals surface area contributed by atoms with Crippen LogP contribution in [-0.4, -0.2) is 29.2 Å². The maximum atomic E-state index is 13.2. The van der Waals surface area contributed by atoms with E-state index in [2.05, 4.69) is 11.0 Å². The molecular weight excluding hydrogens is 219 g/mol. The molecule has 0 aliphatic heterocycles. The van der Waals surface area contributed by atoms with E-state index in [1.54, 1.807) is 0 Å². The number of hydrogen-bond donors (Lipinski definition) is 1. The van der Waals surface area contributed by atoms with Crippen molar-refractivity contribution in [1.29, 1.82) is 5.26 Å². The molecule has 1 aliphatic carbocycles. The Morgan fingerprint density at radius 3 is 2.82 bits per heavy atom. The van der Waals surface area contributed by atoms with Gasteiger partial charge in [0.05, 0.1) is 18.2 Å². The molecule has 1 N–H and O–H groups in total. The van der Waals surface area contributed by atoms with Gasteiger partial charge in [0, 0.05) is 19.1 Å². The van der Waals surface area contributed by atoms with Crippen LogP contribution in [0.5, 0.6) is 0 Å². The Labute approximate surface area is 100 Å². The highest BCUT2D eigenvalue weighted by Crippen LogP contribution is 2.28. The minimum absolute atomic E-state index is 0.0910. The summed E-state index contributed by atoms with van der Waals surface area (Å²) in [6.07, 6.45) is 2.24. The quantitative estimate of drug-likeness (QED) is 0.842. The fourth-order valence-corrected chi connectivity index (χ4v) is 1.98. The van der Waals surface area contributed by atoms with Gasteiger partial charge in [-0.25, -0.2) is 4.39 Å². The van der Waals surface area contributed by atoms with Crippen LogP contribution < -0.4 is 0 Å². The van der Waals surface area contributed by atoms with Crippen LogP contribution in [0.4, 0.5) is 4.39 Å². The Kier molecular flexibility index (Phi) is 3.72. The molecule has 1 saturated carbocycles. The maximum Gasteiger partial charge on any atom is 0.123 e. The number of benzene rings is 1. The van der Waals surface area contributed by atoms with Crippen molar-refractivity contribution in [3.8, 4) is 6.07 Å². The Morgan fingerprint density at radius 2 is 2.24 bits per heavy atom. The summed E-state index contributed by atoms with van der Waals surface area (Å²) in [5, 5.41) is 18.0. The second-order valence-electron chi connectivity index (χ2n) is 4.34. The van der Waals surface area contributed by atoms with Gasteiger partial charge in [0.1, 0.15) is 5.82 Å². The molecule has 1 fully saturated rings. The molecule has 1 aromatic rings. The first-order chi connectivity index (χ1) is 8.24. The number of rotatable bonds is 5. The Bertz CT molecular complexity index is 438. The average molecular weight is 234 g/mol. The average Bonchev–Trinajstić information content (AvgIpc) is 3.13. The largest absolute Gasteiger partial charge is 0.395 e. The number of nitriles is 1. The van der Waals surface area contributed by atoms with Crippen LogP contribution in [0.1, 0.15) is 24.0 Å². The van der Waals surface area contributed by atoms with Crippen LogP contribution in [0.25, 0.3) is 0 Å². The van der Waals surface area contributed by atoms with Crippen molar-refractivity contribution in [2.24, 2.45) is 0 Å². The molecule has 3 nitrogen and oxygen atoms in total.